The van der Waals surface area contributed by atoms with Crippen LogP contribution in [0.4, 0.5) is 0 Å². The molecule has 1 fully saturated rings. The predicted molar refractivity (Wildman–Crippen MR) is 69.0 cm³/mol. The highest BCUT2D eigenvalue weighted by Gasteiger charge is 2.31. The molecule has 1 aliphatic rings. The van der Waals surface area contributed by atoms with E-state index in [0.29, 0.717) is 5.82 Å². The van der Waals surface area contributed by atoms with Crippen LogP contribution in [0.2, 0.25) is 0 Å². The molecule has 0 bridgehead atoms. The van der Waals surface area contributed by atoms with Gasteiger partial charge in [-0.2, -0.15) is 4.68 Å². The Hall–Kier alpha value is -2.44. The number of nitrogens with zero attached hydrogens (tertiary/aromatic N) is 3. The van der Waals surface area contributed by atoms with Gasteiger partial charge in [-0.25, -0.2) is 4.79 Å². The van der Waals surface area contributed by atoms with Gasteiger partial charge in [-0.3, -0.25) is 19.5 Å². The van der Waals surface area contributed by atoms with Crippen LogP contribution < -0.4 is 11.0 Å². The molecule has 1 unspecified atom stereocenters. The number of carbonyl (C=O) groups is 2. The molecule has 0 aliphatic carbocycles. The van der Waals surface area contributed by atoms with Crippen LogP contribution >= 0.6 is 0 Å². The number of allylic oxidation sites excluding steroid dienone is 1. The van der Waals surface area contributed by atoms with Crippen molar-refractivity contribution in [2.24, 2.45) is 0 Å². The monoisotopic (exact) mass is 262 g/mol. The molecule has 7 nitrogen and oxygen atoms in total. The zero-order chi connectivity index (χ0) is 14.0. The quantitative estimate of drug-likeness (QED) is 0.786. The molecule has 2 heterocycles. The maximum absolute atomic E-state index is 12.2. The first kappa shape index (κ1) is 13.0. The molecule has 1 atom stereocenters. The number of hydrogen-bond donors (Lipinski definition) is 1. The Morgan fingerprint density at radius 3 is 2.74 bits per heavy atom. The van der Waals surface area contributed by atoms with E-state index in [0.717, 1.165) is 4.68 Å². The van der Waals surface area contributed by atoms with Gasteiger partial charge in [-0.05, 0) is 19.4 Å². The largest absolute Gasteiger partial charge is 0.351 e. The third-order valence-electron chi connectivity index (χ3n) is 2.85. The van der Waals surface area contributed by atoms with Gasteiger partial charge in [0.2, 0.25) is 5.91 Å². The van der Waals surface area contributed by atoms with Gasteiger partial charge in [0.15, 0.2) is 5.82 Å². The fourth-order valence-electron chi connectivity index (χ4n) is 1.96. The molecular formula is C12H14N4O3. The van der Waals surface area contributed by atoms with Crippen molar-refractivity contribution in [1.29, 1.82) is 0 Å². The number of carbonyl (C=O) groups excluding carboxylic acids is 2. The van der Waals surface area contributed by atoms with Crippen molar-refractivity contribution >= 4 is 24.1 Å². The second kappa shape index (κ2) is 5.05. The van der Waals surface area contributed by atoms with E-state index in [-0.39, 0.29) is 18.7 Å². The summed E-state index contributed by atoms with van der Waals surface area (Å²) in [5.41, 5.74) is -0.428. The van der Waals surface area contributed by atoms with Gasteiger partial charge >= 0.3 is 5.69 Å². The molecule has 1 aromatic heterocycles. The maximum atomic E-state index is 12.2. The third-order valence-corrected chi connectivity index (χ3v) is 2.85. The Bertz CT molecular complexity index is 623. The minimum Gasteiger partial charge on any atom is -0.295 e. The fraction of sp³-hybridized carbons (Fsp3) is 0.333. The Morgan fingerprint density at radius 2 is 2.16 bits per heavy atom. The maximum Gasteiger partial charge on any atom is 0.351 e. The van der Waals surface area contributed by atoms with Crippen LogP contribution in [0.3, 0.4) is 0 Å². The second-order valence-electron chi connectivity index (χ2n) is 4.11. The minimum atomic E-state index is -0.754. The van der Waals surface area contributed by atoms with E-state index in [1.807, 2.05) is 0 Å². The molecule has 1 aromatic rings. The Labute approximate surface area is 109 Å². The smallest absolute Gasteiger partial charge is 0.295 e. The standard InChI is InChI=1S/C12H14N4O3/c1-3-7-15-9(4-2)14-16(12(15)19)8-5-6-10(17)13-11(8)18/h3-4,7-8H,2,5-6H2,1H3,(H,13,17,18)/b7-3-. The molecule has 0 radical (unpaired) electrons. The molecular weight excluding hydrogens is 248 g/mol. The molecule has 2 rings (SSSR count). The lowest BCUT2D eigenvalue weighted by Gasteiger charge is -2.19. The van der Waals surface area contributed by atoms with E-state index < -0.39 is 17.6 Å². The van der Waals surface area contributed by atoms with Gasteiger partial charge in [0.1, 0.15) is 6.04 Å². The summed E-state index contributed by atoms with van der Waals surface area (Å²) in [5.74, 6) is -0.474. The molecule has 1 saturated heterocycles. The average molecular weight is 262 g/mol. The van der Waals surface area contributed by atoms with E-state index in [2.05, 4.69) is 17.0 Å². The molecule has 2 amide bonds. The molecule has 0 saturated carbocycles. The van der Waals surface area contributed by atoms with Gasteiger partial charge < -0.3 is 0 Å². The van der Waals surface area contributed by atoms with Gasteiger partial charge in [-0.1, -0.05) is 12.7 Å². The number of nitrogens with one attached hydrogen (secondary N) is 1. The summed E-state index contributed by atoms with van der Waals surface area (Å²) in [6.07, 6.45) is 5.14. The first-order valence-corrected chi connectivity index (χ1v) is 5.88. The SMILES string of the molecule is C=Cc1nn(C2CCC(=O)NC2=O)c(=O)n1/C=C\C. The van der Waals surface area contributed by atoms with Gasteiger partial charge in [0, 0.05) is 12.6 Å². The zero-order valence-electron chi connectivity index (χ0n) is 10.5. The second-order valence-corrected chi connectivity index (χ2v) is 4.11. The van der Waals surface area contributed by atoms with E-state index >= 15 is 0 Å². The lowest BCUT2D eigenvalue weighted by atomic mass is 10.1. The number of amides is 2. The minimum absolute atomic E-state index is 0.197. The molecule has 1 N–H and O–H groups in total. The summed E-state index contributed by atoms with van der Waals surface area (Å²) in [4.78, 5) is 35.0. The van der Waals surface area contributed by atoms with Crippen LogP contribution in [0.15, 0.2) is 17.4 Å². The summed E-state index contributed by atoms with van der Waals surface area (Å²) in [6.45, 7) is 5.35. The molecule has 0 aromatic carbocycles. The van der Waals surface area contributed by atoms with Crippen LogP contribution in [0, 0.1) is 0 Å². The van der Waals surface area contributed by atoms with Crippen molar-refractivity contribution in [1.82, 2.24) is 19.7 Å². The van der Waals surface area contributed by atoms with Crippen molar-refractivity contribution in [3.63, 3.8) is 0 Å². The first-order valence-electron chi connectivity index (χ1n) is 5.88. The first-order chi connectivity index (χ1) is 9.08. The van der Waals surface area contributed by atoms with Crippen molar-refractivity contribution in [2.45, 2.75) is 25.8 Å². The van der Waals surface area contributed by atoms with Gasteiger partial charge in [0.05, 0.1) is 0 Å². The Balaban J connectivity index is 2.46. The average Bonchev–Trinajstić information content (AvgIpc) is 2.68. The van der Waals surface area contributed by atoms with Crippen LogP contribution in [0.1, 0.15) is 31.6 Å². The van der Waals surface area contributed by atoms with Crippen LogP contribution in [0.25, 0.3) is 12.3 Å². The highest BCUT2D eigenvalue weighted by molar-refractivity contribution is 5.99. The van der Waals surface area contributed by atoms with Crippen molar-refractivity contribution in [3.8, 4) is 0 Å². The molecule has 19 heavy (non-hydrogen) atoms. The van der Waals surface area contributed by atoms with Crippen LogP contribution in [-0.2, 0) is 9.59 Å². The van der Waals surface area contributed by atoms with Crippen LogP contribution in [0.5, 0.6) is 0 Å². The van der Waals surface area contributed by atoms with Crippen molar-refractivity contribution in [3.05, 3.63) is 29.0 Å². The molecule has 7 heteroatoms. The number of piperidine rings is 1. The summed E-state index contributed by atoms with van der Waals surface area (Å²) in [6, 6.07) is -0.754. The van der Waals surface area contributed by atoms with E-state index in [1.54, 1.807) is 19.2 Å². The third kappa shape index (κ3) is 2.26. The zero-order valence-corrected chi connectivity index (χ0v) is 10.5. The normalized spacial score (nSPS) is 19.7. The Morgan fingerprint density at radius 1 is 1.42 bits per heavy atom. The fourth-order valence-corrected chi connectivity index (χ4v) is 1.96. The van der Waals surface area contributed by atoms with Crippen LogP contribution in [-0.4, -0.2) is 26.2 Å². The summed E-state index contributed by atoms with van der Waals surface area (Å²) < 4.78 is 2.40. The molecule has 0 spiro atoms. The topological polar surface area (TPSA) is 86.0 Å². The number of imide groups is 1. The van der Waals surface area contributed by atoms with E-state index in [1.165, 1.54) is 10.6 Å². The number of rotatable bonds is 3. The van der Waals surface area contributed by atoms with Gasteiger partial charge in [0.25, 0.3) is 5.91 Å². The predicted octanol–water partition coefficient (Wildman–Crippen LogP) is 0.156. The lowest BCUT2D eigenvalue weighted by molar-refractivity contribution is -0.136. The summed E-state index contributed by atoms with van der Waals surface area (Å²) in [5, 5.41) is 6.27. The number of hydrogen-bond acceptors (Lipinski definition) is 4. The van der Waals surface area contributed by atoms with E-state index in [9.17, 15) is 14.4 Å². The summed E-state index contributed by atoms with van der Waals surface area (Å²) in [7, 11) is 0. The Kier molecular flexibility index (Phi) is 3.46. The summed E-state index contributed by atoms with van der Waals surface area (Å²) >= 11 is 0. The highest BCUT2D eigenvalue weighted by Crippen LogP contribution is 2.16. The van der Waals surface area contributed by atoms with E-state index in [4.69, 9.17) is 0 Å². The molecule has 1 aliphatic heterocycles. The van der Waals surface area contributed by atoms with Crippen molar-refractivity contribution < 1.29 is 9.59 Å². The number of aromatic nitrogens is 3. The lowest BCUT2D eigenvalue weighted by Crippen LogP contribution is -2.44. The van der Waals surface area contributed by atoms with Gasteiger partial charge in [-0.15, -0.1) is 5.10 Å². The molecule has 100 valence electrons. The highest BCUT2D eigenvalue weighted by atomic mass is 16.2. The van der Waals surface area contributed by atoms with Crippen molar-refractivity contribution in [2.75, 3.05) is 0 Å².